The van der Waals surface area contributed by atoms with E-state index in [-0.39, 0.29) is 48.2 Å². The number of carbonyl (C=O) groups is 1. The maximum Gasteiger partial charge on any atom is 0.311 e. The van der Waals surface area contributed by atoms with Crippen LogP contribution in [0.4, 0.5) is 15.8 Å². The van der Waals surface area contributed by atoms with E-state index in [4.69, 9.17) is 0 Å². The summed E-state index contributed by atoms with van der Waals surface area (Å²) in [7, 11) is -3.77. The minimum atomic E-state index is -3.77. The van der Waals surface area contributed by atoms with Gasteiger partial charge < -0.3 is 9.80 Å². The lowest BCUT2D eigenvalue weighted by molar-refractivity contribution is -0.387. The standard InChI is InChI=1S/C18H18FN3O5S/c1-28(26,27)16-7-3-6-15(17(16)22(24)25)20-8-10-21(11-9-20)18(23)13-4-2-5-14(19)12-13/h2-7,12H,8-11H2,1H3. The van der Waals surface area contributed by atoms with Gasteiger partial charge in [0.1, 0.15) is 16.4 Å². The summed E-state index contributed by atoms with van der Waals surface area (Å²) >= 11 is 0. The number of benzene rings is 2. The number of piperazine rings is 1. The lowest BCUT2D eigenvalue weighted by Gasteiger charge is -2.36. The second kappa shape index (κ2) is 7.55. The van der Waals surface area contributed by atoms with Crippen molar-refractivity contribution < 1.29 is 22.5 Å². The molecule has 3 rings (SSSR count). The predicted octanol–water partition coefficient (Wildman–Crippen LogP) is 2.10. The predicted molar refractivity (Wildman–Crippen MR) is 101 cm³/mol. The van der Waals surface area contributed by atoms with Gasteiger partial charge in [-0.05, 0) is 30.3 Å². The van der Waals surface area contributed by atoms with E-state index in [0.717, 1.165) is 12.3 Å². The monoisotopic (exact) mass is 407 g/mol. The van der Waals surface area contributed by atoms with Crippen molar-refractivity contribution in [3.8, 4) is 0 Å². The van der Waals surface area contributed by atoms with Gasteiger partial charge in [0, 0.05) is 38.0 Å². The van der Waals surface area contributed by atoms with Crippen LogP contribution in [0.2, 0.25) is 0 Å². The molecule has 0 unspecified atom stereocenters. The Kier molecular flexibility index (Phi) is 5.32. The zero-order chi connectivity index (χ0) is 20.5. The smallest absolute Gasteiger partial charge is 0.311 e. The molecule has 148 valence electrons. The Balaban J connectivity index is 1.82. The molecular formula is C18H18FN3O5S. The first-order chi connectivity index (χ1) is 13.2. The van der Waals surface area contributed by atoms with Crippen molar-refractivity contribution in [3.63, 3.8) is 0 Å². The molecule has 8 nitrogen and oxygen atoms in total. The van der Waals surface area contributed by atoms with Crippen LogP contribution in [0.1, 0.15) is 10.4 Å². The number of sulfone groups is 1. The van der Waals surface area contributed by atoms with Gasteiger partial charge in [0.15, 0.2) is 9.84 Å². The zero-order valence-electron chi connectivity index (χ0n) is 15.0. The molecule has 1 heterocycles. The summed E-state index contributed by atoms with van der Waals surface area (Å²) in [5.41, 5.74) is -0.0285. The van der Waals surface area contributed by atoms with Crippen molar-refractivity contribution in [1.29, 1.82) is 0 Å². The molecular weight excluding hydrogens is 389 g/mol. The number of para-hydroxylation sites is 1. The maximum absolute atomic E-state index is 13.3. The average Bonchev–Trinajstić information content (AvgIpc) is 2.66. The van der Waals surface area contributed by atoms with Crippen LogP contribution < -0.4 is 4.90 Å². The van der Waals surface area contributed by atoms with Crippen LogP contribution in [0, 0.1) is 15.9 Å². The highest BCUT2D eigenvalue weighted by atomic mass is 32.2. The summed E-state index contributed by atoms with van der Waals surface area (Å²) < 4.78 is 37.2. The molecule has 0 aliphatic carbocycles. The van der Waals surface area contributed by atoms with Crippen LogP contribution >= 0.6 is 0 Å². The van der Waals surface area contributed by atoms with Gasteiger partial charge in [0.25, 0.3) is 5.91 Å². The van der Waals surface area contributed by atoms with Gasteiger partial charge in [-0.2, -0.15) is 0 Å². The number of anilines is 1. The molecule has 0 bridgehead atoms. The van der Waals surface area contributed by atoms with Gasteiger partial charge in [-0.15, -0.1) is 0 Å². The number of nitro groups is 1. The summed E-state index contributed by atoms with van der Waals surface area (Å²) in [4.78, 5) is 26.2. The van der Waals surface area contributed by atoms with Crippen molar-refractivity contribution in [2.45, 2.75) is 4.90 Å². The number of nitrogens with zero attached hydrogens (tertiary/aromatic N) is 3. The maximum atomic E-state index is 13.3. The van der Waals surface area contributed by atoms with E-state index in [1.807, 2.05) is 0 Å². The number of hydrogen-bond donors (Lipinski definition) is 0. The molecule has 2 aromatic rings. The number of carbonyl (C=O) groups excluding carboxylic acids is 1. The van der Waals surface area contributed by atoms with Gasteiger partial charge in [0.05, 0.1) is 4.92 Å². The highest BCUT2D eigenvalue weighted by Crippen LogP contribution is 2.35. The fourth-order valence-corrected chi connectivity index (χ4v) is 4.06. The summed E-state index contributed by atoms with van der Waals surface area (Å²) in [6.07, 6.45) is 0.925. The third-order valence-corrected chi connectivity index (χ3v) is 5.67. The van der Waals surface area contributed by atoms with Crippen LogP contribution in [0.25, 0.3) is 0 Å². The molecule has 1 amide bonds. The Bertz CT molecular complexity index is 1030. The van der Waals surface area contributed by atoms with Crippen molar-refractivity contribution in [3.05, 3.63) is 64.0 Å². The third kappa shape index (κ3) is 3.96. The number of nitro benzene ring substituents is 1. The molecule has 0 spiro atoms. The quantitative estimate of drug-likeness (QED) is 0.568. The molecule has 1 aliphatic rings. The van der Waals surface area contributed by atoms with Gasteiger partial charge in [0.2, 0.25) is 0 Å². The van der Waals surface area contributed by atoms with E-state index in [1.54, 1.807) is 4.90 Å². The van der Waals surface area contributed by atoms with E-state index >= 15 is 0 Å². The van der Waals surface area contributed by atoms with Crippen molar-refractivity contribution >= 4 is 27.1 Å². The van der Waals surface area contributed by atoms with E-state index in [1.165, 1.54) is 41.3 Å². The van der Waals surface area contributed by atoms with Crippen molar-refractivity contribution in [2.75, 3.05) is 37.3 Å². The number of halogens is 1. The highest BCUT2D eigenvalue weighted by Gasteiger charge is 2.31. The van der Waals surface area contributed by atoms with E-state index < -0.39 is 26.3 Å². The first kappa shape index (κ1) is 19.7. The Morgan fingerprint density at radius 2 is 1.75 bits per heavy atom. The second-order valence-corrected chi connectivity index (χ2v) is 8.43. The highest BCUT2D eigenvalue weighted by molar-refractivity contribution is 7.90. The Morgan fingerprint density at radius 3 is 2.32 bits per heavy atom. The molecule has 0 N–H and O–H groups in total. The minimum Gasteiger partial charge on any atom is -0.362 e. The van der Waals surface area contributed by atoms with Crippen LogP contribution in [0.3, 0.4) is 0 Å². The van der Waals surface area contributed by atoms with Gasteiger partial charge in [-0.1, -0.05) is 12.1 Å². The van der Waals surface area contributed by atoms with Crippen LogP contribution in [0.5, 0.6) is 0 Å². The summed E-state index contributed by atoms with van der Waals surface area (Å²) in [6.45, 7) is 1.12. The Hall–Kier alpha value is -3.01. The number of amides is 1. The fourth-order valence-electron chi connectivity index (χ4n) is 3.20. The lowest BCUT2D eigenvalue weighted by Crippen LogP contribution is -2.49. The molecule has 0 atom stereocenters. The van der Waals surface area contributed by atoms with E-state index in [0.29, 0.717) is 0 Å². The average molecular weight is 407 g/mol. The Morgan fingerprint density at radius 1 is 1.11 bits per heavy atom. The van der Waals surface area contributed by atoms with E-state index in [9.17, 15) is 27.7 Å². The van der Waals surface area contributed by atoms with Gasteiger partial charge in [-0.3, -0.25) is 14.9 Å². The topological polar surface area (TPSA) is 101 Å². The molecule has 0 radical (unpaired) electrons. The van der Waals surface area contributed by atoms with Gasteiger partial charge in [-0.25, -0.2) is 12.8 Å². The van der Waals surface area contributed by atoms with Crippen LogP contribution in [0.15, 0.2) is 47.4 Å². The first-order valence-corrected chi connectivity index (χ1v) is 10.3. The summed E-state index contributed by atoms with van der Waals surface area (Å²) in [5, 5.41) is 11.5. The largest absolute Gasteiger partial charge is 0.362 e. The SMILES string of the molecule is CS(=O)(=O)c1cccc(N2CCN(C(=O)c3cccc(F)c3)CC2)c1[N+](=O)[O-]. The lowest BCUT2D eigenvalue weighted by atomic mass is 10.1. The normalized spacial score (nSPS) is 14.8. The van der Waals surface area contributed by atoms with Crippen molar-refractivity contribution in [1.82, 2.24) is 4.90 Å². The number of rotatable bonds is 4. The summed E-state index contributed by atoms with van der Waals surface area (Å²) in [5.74, 6) is -0.823. The fraction of sp³-hybridized carbons (Fsp3) is 0.278. The third-order valence-electron chi connectivity index (χ3n) is 4.54. The van der Waals surface area contributed by atoms with E-state index in [2.05, 4.69) is 0 Å². The zero-order valence-corrected chi connectivity index (χ0v) is 15.9. The van der Waals surface area contributed by atoms with Gasteiger partial charge >= 0.3 is 5.69 Å². The van der Waals surface area contributed by atoms with Crippen molar-refractivity contribution in [2.24, 2.45) is 0 Å². The number of hydrogen-bond acceptors (Lipinski definition) is 6. The van der Waals surface area contributed by atoms with Crippen LogP contribution in [-0.4, -0.2) is 56.6 Å². The molecule has 1 saturated heterocycles. The second-order valence-electron chi connectivity index (χ2n) is 6.44. The minimum absolute atomic E-state index is 0.200. The van der Waals surface area contributed by atoms with Crippen LogP contribution in [-0.2, 0) is 9.84 Å². The Labute approximate surface area is 161 Å². The molecule has 2 aromatic carbocycles. The molecule has 28 heavy (non-hydrogen) atoms. The molecule has 0 saturated carbocycles. The molecule has 10 heteroatoms. The molecule has 1 aliphatic heterocycles. The first-order valence-electron chi connectivity index (χ1n) is 8.46. The molecule has 1 fully saturated rings. The summed E-state index contributed by atoms with van der Waals surface area (Å²) in [6, 6.07) is 9.56. The molecule has 0 aromatic heterocycles.